The second-order valence-electron chi connectivity index (χ2n) is 5.05. The van der Waals surface area contributed by atoms with Crippen LogP contribution in [0.3, 0.4) is 0 Å². The standard InChI is InChI=1S/C10H16ClNO5S2/c11-5-10(13)12(8-1-3-18(14,15)6-8)9-2-4-19(16,17)7-9/h8-9H,1-7H2/t8-,9-/m0/s1. The van der Waals surface area contributed by atoms with Crippen LogP contribution in [-0.2, 0) is 24.5 Å². The summed E-state index contributed by atoms with van der Waals surface area (Å²) >= 11 is 5.56. The molecule has 0 aromatic carbocycles. The minimum Gasteiger partial charge on any atom is -0.334 e. The summed E-state index contributed by atoms with van der Waals surface area (Å²) in [6, 6.07) is -0.871. The number of carbonyl (C=O) groups is 1. The molecule has 0 spiro atoms. The van der Waals surface area contributed by atoms with Gasteiger partial charge in [0.2, 0.25) is 5.91 Å². The van der Waals surface area contributed by atoms with Gasteiger partial charge in [-0.1, -0.05) is 0 Å². The quantitative estimate of drug-likeness (QED) is 0.647. The van der Waals surface area contributed by atoms with Crippen LogP contribution in [0.1, 0.15) is 12.8 Å². The topological polar surface area (TPSA) is 88.6 Å². The van der Waals surface area contributed by atoms with Crippen molar-refractivity contribution in [2.45, 2.75) is 24.9 Å². The summed E-state index contributed by atoms with van der Waals surface area (Å²) in [7, 11) is -6.25. The first-order valence-corrected chi connectivity index (χ1v) is 10.2. The van der Waals surface area contributed by atoms with Gasteiger partial charge in [0.1, 0.15) is 5.88 Å². The van der Waals surface area contributed by atoms with Gasteiger partial charge in [-0.3, -0.25) is 4.79 Å². The van der Waals surface area contributed by atoms with E-state index in [1.165, 1.54) is 4.90 Å². The van der Waals surface area contributed by atoms with Crippen LogP contribution in [0.25, 0.3) is 0 Å². The summed E-state index contributed by atoms with van der Waals surface area (Å²) in [6.07, 6.45) is 0.725. The molecule has 1 amide bonds. The molecule has 2 saturated heterocycles. The lowest BCUT2D eigenvalue weighted by atomic mass is 10.1. The van der Waals surface area contributed by atoms with Gasteiger partial charge in [0.25, 0.3) is 0 Å². The number of rotatable bonds is 3. The van der Waals surface area contributed by atoms with E-state index in [0.717, 1.165) is 0 Å². The molecule has 0 N–H and O–H groups in total. The number of halogens is 1. The van der Waals surface area contributed by atoms with E-state index in [1.807, 2.05) is 0 Å². The van der Waals surface area contributed by atoms with Crippen molar-refractivity contribution in [1.82, 2.24) is 4.90 Å². The van der Waals surface area contributed by atoms with Gasteiger partial charge in [-0.15, -0.1) is 11.6 Å². The Morgan fingerprint density at radius 1 is 1.00 bits per heavy atom. The molecule has 19 heavy (non-hydrogen) atoms. The third kappa shape index (κ3) is 3.41. The molecule has 0 unspecified atom stereocenters. The highest BCUT2D eigenvalue weighted by Gasteiger charge is 2.41. The summed E-state index contributed by atoms with van der Waals surface area (Å²) in [6.45, 7) is 0. The van der Waals surface area contributed by atoms with Crippen LogP contribution >= 0.6 is 11.6 Å². The summed E-state index contributed by atoms with van der Waals surface area (Å²) in [5.74, 6) is -0.733. The number of amides is 1. The van der Waals surface area contributed by atoms with Crippen molar-refractivity contribution in [2.75, 3.05) is 28.9 Å². The van der Waals surface area contributed by atoms with Crippen LogP contribution in [-0.4, -0.2) is 68.6 Å². The summed E-state index contributed by atoms with van der Waals surface area (Å²) in [5.41, 5.74) is 0. The lowest BCUT2D eigenvalue weighted by molar-refractivity contribution is -0.132. The van der Waals surface area contributed by atoms with E-state index in [1.54, 1.807) is 0 Å². The fourth-order valence-corrected chi connectivity index (χ4v) is 6.32. The third-order valence-corrected chi connectivity index (χ3v) is 7.34. The Labute approximate surface area is 117 Å². The Bertz CT molecular complexity index is 527. The van der Waals surface area contributed by atoms with Crippen molar-refractivity contribution in [2.24, 2.45) is 0 Å². The smallest absolute Gasteiger partial charge is 0.238 e. The van der Waals surface area contributed by atoms with Crippen molar-refractivity contribution in [3.63, 3.8) is 0 Å². The maximum Gasteiger partial charge on any atom is 0.238 e. The van der Waals surface area contributed by atoms with Gasteiger partial charge in [-0.05, 0) is 12.8 Å². The average molecular weight is 330 g/mol. The molecular weight excluding hydrogens is 314 g/mol. The fraction of sp³-hybridized carbons (Fsp3) is 0.900. The molecule has 2 rings (SSSR count). The molecule has 2 fully saturated rings. The zero-order valence-corrected chi connectivity index (χ0v) is 12.7. The average Bonchev–Trinajstić information content (AvgIpc) is 2.82. The zero-order valence-electron chi connectivity index (χ0n) is 10.3. The molecule has 2 heterocycles. The van der Waals surface area contributed by atoms with Crippen molar-refractivity contribution in [3.05, 3.63) is 0 Å². The number of carbonyl (C=O) groups excluding carboxylic acids is 1. The Morgan fingerprint density at radius 2 is 1.42 bits per heavy atom. The van der Waals surface area contributed by atoms with Gasteiger partial charge in [0.05, 0.1) is 23.0 Å². The first-order chi connectivity index (χ1) is 8.74. The SMILES string of the molecule is O=C(CCl)N([C@H]1CCS(=O)(=O)C1)[C@H]1CCS(=O)(=O)C1. The van der Waals surface area contributed by atoms with E-state index in [9.17, 15) is 21.6 Å². The van der Waals surface area contributed by atoms with Crippen molar-refractivity contribution >= 4 is 37.2 Å². The minimum atomic E-state index is -3.13. The van der Waals surface area contributed by atoms with E-state index in [2.05, 4.69) is 0 Å². The van der Waals surface area contributed by atoms with Crippen LogP contribution < -0.4 is 0 Å². The summed E-state index contributed by atoms with van der Waals surface area (Å²) in [4.78, 5) is 13.3. The van der Waals surface area contributed by atoms with Crippen LogP contribution in [0, 0.1) is 0 Å². The van der Waals surface area contributed by atoms with Crippen LogP contribution in [0.5, 0.6) is 0 Å². The maximum atomic E-state index is 11.9. The van der Waals surface area contributed by atoms with Gasteiger partial charge >= 0.3 is 0 Å². The predicted octanol–water partition coefficient (Wildman–Crippen LogP) is -0.572. The zero-order chi connectivity index (χ0) is 14.3. The van der Waals surface area contributed by atoms with E-state index >= 15 is 0 Å². The summed E-state index contributed by atoms with van der Waals surface area (Å²) < 4.78 is 46.0. The Kier molecular flexibility index (Phi) is 4.13. The largest absolute Gasteiger partial charge is 0.334 e. The van der Waals surface area contributed by atoms with E-state index in [0.29, 0.717) is 12.8 Å². The minimum absolute atomic E-state index is 0.0448. The second kappa shape index (κ2) is 5.21. The van der Waals surface area contributed by atoms with Crippen molar-refractivity contribution < 1.29 is 21.6 Å². The number of hydrogen-bond donors (Lipinski definition) is 0. The van der Waals surface area contributed by atoms with Crippen LogP contribution in [0.4, 0.5) is 0 Å². The number of hydrogen-bond acceptors (Lipinski definition) is 5. The first-order valence-electron chi connectivity index (χ1n) is 6.02. The van der Waals surface area contributed by atoms with Gasteiger partial charge in [-0.25, -0.2) is 16.8 Å². The van der Waals surface area contributed by atoms with Gasteiger partial charge in [-0.2, -0.15) is 0 Å². The highest BCUT2D eigenvalue weighted by atomic mass is 35.5. The molecule has 2 atom stereocenters. The molecule has 0 aromatic heterocycles. The molecular formula is C10H16ClNO5S2. The monoisotopic (exact) mass is 329 g/mol. The lowest BCUT2D eigenvalue weighted by Gasteiger charge is -2.32. The van der Waals surface area contributed by atoms with Crippen molar-refractivity contribution in [1.29, 1.82) is 0 Å². The molecule has 9 heteroatoms. The predicted molar refractivity (Wildman–Crippen MR) is 71.7 cm³/mol. The number of alkyl halides is 1. The van der Waals surface area contributed by atoms with Crippen LogP contribution in [0.15, 0.2) is 0 Å². The van der Waals surface area contributed by atoms with Crippen molar-refractivity contribution in [3.8, 4) is 0 Å². The molecule has 2 aliphatic rings. The Hall–Kier alpha value is -0.340. The Balaban J connectivity index is 2.21. The second-order valence-corrected chi connectivity index (χ2v) is 9.77. The maximum absolute atomic E-state index is 11.9. The summed E-state index contributed by atoms with van der Waals surface area (Å²) in [5, 5.41) is 0. The third-order valence-electron chi connectivity index (χ3n) is 3.61. The highest BCUT2D eigenvalue weighted by Crippen LogP contribution is 2.26. The van der Waals surface area contributed by atoms with Crippen LogP contribution in [0.2, 0.25) is 0 Å². The Morgan fingerprint density at radius 3 is 1.68 bits per heavy atom. The van der Waals surface area contributed by atoms with E-state index < -0.39 is 31.8 Å². The molecule has 0 radical (unpaired) electrons. The van der Waals surface area contributed by atoms with Gasteiger partial charge in [0.15, 0.2) is 19.7 Å². The molecule has 2 aliphatic heterocycles. The highest BCUT2D eigenvalue weighted by molar-refractivity contribution is 7.92. The molecule has 0 aromatic rings. The van der Waals surface area contributed by atoms with Gasteiger partial charge < -0.3 is 4.90 Å². The molecule has 0 saturated carbocycles. The number of sulfone groups is 2. The first kappa shape index (κ1) is 15.1. The van der Waals surface area contributed by atoms with Gasteiger partial charge in [0, 0.05) is 12.1 Å². The molecule has 0 bridgehead atoms. The molecule has 110 valence electrons. The van der Waals surface area contributed by atoms with E-state index in [4.69, 9.17) is 11.6 Å². The number of nitrogens with zero attached hydrogens (tertiary/aromatic N) is 1. The van der Waals surface area contributed by atoms with E-state index in [-0.39, 0.29) is 34.8 Å². The normalized spacial score (nSPS) is 32.3. The molecule has 6 nitrogen and oxygen atoms in total. The fourth-order valence-electron chi connectivity index (χ4n) is 2.76. The lowest BCUT2D eigenvalue weighted by Crippen LogP contribution is -2.49. The molecule has 0 aliphatic carbocycles.